The van der Waals surface area contributed by atoms with Gasteiger partial charge in [-0.3, -0.25) is 19.3 Å². The van der Waals surface area contributed by atoms with Crippen molar-refractivity contribution in [1.29, 1.82) is 0 Å². The lowest BCUT2D eigenvalue weighted by Crippen LogP contribution is -2.46. The van der Waals surface area contributed by atoms with Crippen LogP contribution < -0.4 is 5.73 Å². The Hall–Kier alpha value is -4.41. The molecule has 11 heteroatoms. The maximum Gasteiger partial charge on any atom is 0.256 e. The number of rotatable bonds is 6. The van der Waals surface area contributed by atoms with Gasteiger partial charge in [-0.15, -0.1) is 0 Å². The molecule has 4 heterocycles. The summed E-state index contributed by atoms with van der Waals surface area (Å²) in [6.07, 6.45) is 10.4. The number of hydrogen-bond acceptors (Lipinski definition) is 6. The van der Waals surface area contributed by atoms with Crippen LogP contribution in [0.5, 0.6) is 0 Å². The Morgan fingerprint density at radius 2 is 1.89 bits per heavy atom. The minimum atomic E-state index is -0.618. The molecule has 4 aromatic rings. The Kier molecular flexibility index (Phi) is 6.04. The van der Waals surface area contributed by atoms with Gasteiger partial charge in [0.1, 0.15) is 5.82 Å². The summed E-state index contributed by atoms with van der Waals surface area (Å²) in [5, 5.41) is 12.7. The number of carbonyl (C=O) groups excluding carboxylic acids is 2. The second-order valence-electron chi connectivity index (χ2n) is 8.38. The van der Waals surface area contributed by atoms with Gasteiger partial charge in [0, 0.05) is 23.9 Å². The van der Waals surface area contributed by atoms with E-state index in [4.69, 9.17) is 5.73 Å². The number of pyridine rings is 1. The van der Waals surface area contributed by atoms with Crippen molar-refractivity contribution in [2.75, 3.05) is 6.54 Å². The van der Waals surface area contributed by atoms with Crippen molar-refractivity contribution < 1.29 is 14.0 Å². The Labute approximate surface area is 200 Å². The fourth-order valence-corrected chi connectivity index (χ4v) is 4.35. The lowest BCUT2D eigenvalue weighted by Gasteiger charge is -2.36. The molecule has 1 aromatic carbocycles. The largest absolute Gasteiger partial charge is 0.366 e. The maximum absolute atomic E-state index is 13.8. The van der Waals surface area contributed by atoms with Crippen molar-refractivity contribution in [3.8, 4) is 16.9 Å². The number of piperidine rings is 1. The third-order valence-corrected chi connectivity index (χ3v) is 6.09. The van der Waals surface area contributed by atoms with E-state index in [-0.39, 0.29) is 17.5 Å². The van der Waals surface area contributed by atoms with Crippen LogP contribution in [0.4, 0.5) is 4.39 Å². The zero-order valence-corrected chi connectivity index (χ0v) is 18.8. The van der Waals surface area contributed by atoms with E-state index in [1.54, 1.807) is 29.1 Å². The zero-order valence-electron chi connectivity index (χ0n) is 18.8. The Bertz CT molecular complexity index is 1350. The molecule has 2 N–H and O–H groups in total. The molecule has 5 rings (SSSR count). The van der Waals surface area contributed by atoms with Crippen molar-refractivity contribution in [2.24, 2.45) is 5.73 Å². The predicted octanol–water partition coefficient (Wildman–Crippen LogP) is 2.46. The van der Waals surface area contributed by atoms with E-state index < -0.39 is 11.7 Å². The Morgan fingerprint density at radius 3 is 2.63 bits per heavy atom. The average molecular weight is 475 g/mol. The minimum Gasteiger partial charge on any atom is -0.366 e. The molecular formula is C24H23FN8O2. The number of halogens is 1. The van der Waals surface area contributed by atoms with E-state index in [9.17, 15) is 14.0 Å². The van der Waals surface area contributed by atoms with Crippen LogP contribution in [0.3, 0.4) is 0 Å². The molecule has 10 nitrogen and oxygen atoms in total. The number of hydrogen-bond donors (Lipinski definition) is 1. The second kappa shape index (κ2) is 9.45. The minimum absolute atomic E-state index is 0.110. The Morgan fingerprint density at radius 1 is 1.06 bits per heavy atom. The Balaban J connectivity index is 1.42. The van der Waals surface area contributed by atoms with Crippen LogP contribution in [0.2, 0.25) is 0 Å². The summed E-state index contributed by atoms with van der Waals surface area (Å²) in [7, 11) is 0. The van der Waals surface area contributed by atoms with Gasteiger partial charge in [0.05, 0.1) is 54.3 Å². The molecule has 0 unspecified atom stereocenters. The van der Waals surface area contributed by atoms with Gasteiger partial charge >= 0.3 is 0 Å². The topological polar surface area (TPSA) is 125 Å². The first-order chi connectivity index (χ1) is 17.0. The maximum atomic E-state index is 13.8. The standard InChI is InChI=1S/C24H23FN8O2/c25-18-5-6-21(27-13-18)17-12-30-31(14-17)15-19-3-1-2-10-32(19)24(35)20-11-16(23(26)34)4-7-22(20)33-28-8-9-29-33/h4-9,11-14,19H,1-3,10,15H2,(H2,26,34)/t19-/m0/s1. The SMILES string of the molecule is NC(=O)c1ccc(-n2nccn2)c(C(=O)N2CCCC[C@H]2Cn2cc(-c3ccc(F)cn3)cn2)c1. The smallest absolute Gasteiger partial charge is 0.256 e. The summed E-state index contributed by atoms with van der Waals surface area (Å²) in [5.74, 6) is -1.24. The highest BCUT2D eigenvalue weighted by Gasteiger charge is 2.30. The van der Waals surface area contributed by atoms with E-state index in [0.29, 0.717) is 30.0 Å². The molecule has 0 aliphatic carbocycles. The fourth-order valence-electron chi connectivity index (χ4n) is 4.35. The number of carbonyl (C=O) groups is 2. The number of aromatic nitrogens is 6. The predicted molar refractivity (Wildman–Crippen MR) is 124 cm³/mol. The van der Waals surface area contributed by atoms with Gasteiger partial charge in [-0.25, -0.2) is 4.39 Å². The lowest BCUT2D eigenvalue weighted by molar-refractivity contribution is 0.0583. The molecule has 1 saturated heterocycles. The molecule has 178 valence electrons. The summed E-state index contributed by atoms with van der Waals surface area (Å²) in [4.78, 5) is 32.9. The number of likely N-dealkylation sites (tertiary alicyclic amines) is 1. The van der Waals surface area contributed by atoms with Gasteiger partial charge in [-0.2, -0.15) is 20.1 Å². The molecule has 0 radical (unpaired) electrons. The number of nitrogens with zero attached hydrogens (tertiary/aromatic N) is 7. The molecule has 2 amide bonds. The molecule has 1 aliphatic rings. The number of amides is 2. The first kappa shape index (κ1) is 22.4. The van der Waals surface area contributed by atoms with E-state index in [2.05, 4.69) is 20.3 Å². The van der Waals surface area contributed by atoms with Crippen LogP contribution in [0, 0.1) is 5.82 Å². The van der Waals surface area contributed by atoms with Crippen LogP contribution in [-0.4, -0.2) is 59.1 Å². The van der Waals surface area contributed by atoms with Crippen molar-refractivity contribution in [1.82, 2.24) is 34.7 Å². The fraction of sp³-hybridized carbons (Fsp3) is 0.250. The van der Waals surface area contributed by atoms with Gasteiger partial charge in [0.15, 0.2) is 0 Å². The van der Waals surface area contributed by atoms with Crippen LogP contribution >= 0.6 is 0 Å². The number of nitrogens with two attached hydrogens (primary N) is 1. The van der Waals surface area contributed by atoms with E-state index >= 15 is 0 Å². The second-order valence-corrected chi connectivity index (χ2v) is 8.38. The third-order valence-electron chi connectivity index (χ3n) is 6.09. The van der Waals surface area contributed by atoms with Gasteiger partial charge in [-0.1, -0.05) is 0 Å². The van der Waals surface area contributed by atoms with Gasteiger partial charge in [0.25, 0.3) is 5.91 Å². The quantitative estimate of drug-likeness (QED) is 0.458. The molecule has 0 saturated carbocycles. The molecular weight excluding hydrogens is 451 g/mol. The molecule has 3 aromatic heterocycles. The monoisotopic (exact) mass is 474 g/mol. The van der Waals surface area contributed by atoms with Gasteiger partial charge in [0.2, 0.25) is 5.91 Å². The first-order valence-corrected chi connectivity index (χ1v) is 11.3. The van der Waals surface area contributed by atoms with E-state index in [1.165, 1.54) is 35.5 Å². The zero-order chi connectivity index (χ0) is 24.4. The summed E-state index contributed by atoms with van der Waals surface area (Å²) in [6.45, 7) is 1.06. The average Bonchev–Trinajstić information content (AvgIpc) is 3.57. The van der Waals surface area contributed by atoms with Crippen molar-refractivity contribution in [2.45, 2.75) is 31.8 Å². The van der Waals surface area contributed by atoms with Gasteiger partial charge in [-0.05, 0) is 49.6 Å². The molecule has 0 spiro atoms. The molecule has 35 heavy (non-hydrogen) atoms. The summed E-state index contributed by atoms with van der Waals surface area (Å²) in [6, 6.07) is 7.53. The summed E-state index contributed by atoms with van der Waals surface area (Å²) in [5.41, 5.74) is 7.88. The molecule has 1 aliphatic heterocycles. The van der Waals surface area contributed by atoms with Crippen LogP contribution in [-0.2, 0) is 6.54 Å². The molecule has 0 bridgehead atoms. The van der Waals surface area contributed by atoms with Crippen molar-refractivity contribution >= 4 is 11.8 Å². The highest BCUT2D eigenvalue weighted by Crippen LogP contribution is 2.25. The first-order valence-electron chi connectivity index (χ1n) is 11.3. The van der Waals surface area contributed by atoms with Crippen molar-refractivity contribution in [3.05, 3.63) is 78.3 Å². The highest BCUT2D eigenvalue weighted by molar-refractivity contribution is 6.01. The molecule has 1 fully saturated rings. The van der Waals surface area contributed by atoms with Crippen LogP contribution in [0.15, 0.2) is 61.3 Å². The third kappa shape index (κ3) is 4.65. The van der Waals surface area contributed by atoms with E-state index in [1.807, 2.05) is 11.1 Å². The van der Waals surface area contributed by atoms with E-state index in [0.717, 1.165) is 24.8 Å². The van der Waals surface area contributed by atoms with Crippen molar-refractivity contribution in [3.63, 3.8) is 0 Å². The summed E-state index contributed by atoms with van der Waals surface area (Å²) >= 11 is 0. The number of primary amides is 1. The highest BCUT2D eigenvalue weighted by atomic mass is 19.1. The van der Waals surface area contributed by atoms with Crippen LogP contribution in [0.1, 0.15) is 40.0 Å². The normalized spacial score (nSPS) is 15.8. The molecule has 1 atom stereocenters. The van der Waals surface area contributed by atoms with Crippen LogP contribution in [0.25, 0.3) is 16.9 Å². The lowest BCUT2D eigenvalue weighted by atomic mass is 9.99. The number of benzene rings is 1. The summed E-state index contributed by atoms with van der Waals surface area (Å²) < 4.78 is 15.0. The van der Waals surface area contributed by atoms with Gasteiger partial charge < -0.3 is 10.6 Å².